The lowest BCUT2D eigenvalue weighted by Crippen LogP contribution is -2.13. The van der Waals surface area contributed by atoms with Crippen LogP contribution >= 0.6 is 0 Å². The number of hydrogen-bond donors (Lipinski definition) is 0. The molecule has 3 rings (SSSR count). The molecule has 0 unspecified atom stereocenters. The lowest BCUT2D eigenvalue weighted by molar-refractivity contribution is -0.137. The van der Waals surface area contributed by atoms with Crippen molar-refractivity contribution in [3.05, 3.63) is 71.5 Å². The first-order valence-electron chi connectivity index (χ1n) is 8.32. The normalized spacial score (nSPS) is 11.4. The summed E-state index contributed by atoms with van der Waals surface area (Å²) in [4.78, 5) is 16.9. The van der Waals surface area contributed by atoms with Crippen LogP contribution in [0.5, 0.6) is 0 Å². The second-order valence-corrected chi connectivity index (χ2v) is 5.84. The fourth-order valence-corrected chi connectivity index (χ4v) is 2.80. The van der Waals surface area contributed by atoms with Crippen LogP contribution in [-0.4, -0.2) is 22.1 Å². The molecule has 0 saturated heterocycles. The predicted molar refractivity (Wildman–Crippen MR) is 94.7 cm³/mol. The van der Waals surface area contributed by atoms with Crippen LogP contribution in [0.4, 0.5) is 13.2 Å². The van der Waals surface area contributed by atoms with Crippen LogP contribution in [0.2, 0.25) is 0 Å². The minimum absolute atomic E-state index is 0.202. The molecule has 0 saturated carbocycles. The van der Waals surface area contributed by atoms with Crippen molar-refractivity contribution >= 4 is 5.97 Å². The number of esters is 1. The van der Waals surface area contributed by atoms with E-state index in [4.69, 9.17) is 4.74 Å². The predicted octanol–water partition coefficient (Wildman–Crippen LogP) is 5.04. The number of alkyl halides is 3. The van der Waals surface area contributed by atoms with Gasteiger partial charge in [0.15, 0.2) is 5.69 Å². The molecule has 1 aromatic heterocycles. The fraction of sp³-hybridized carbons (Fsp3) is 0.200. The molecule has 4 nitrogen and oxygen atoms in total. The number of halogens is 3. The molecule has 0 aliphatic carbocycles. The van der Waals surface area contributed by atoms with Crippen LogP contribution in [0.3, 0.4) is 0 Å². The van der Waals surface area contributed by atoms with Crippen molar-refractivity contribution in [3.8, 4) is 17.1 Å². The van der Waals surface area contributed by atoms with Gasteiger partial charge in [0.05, 0.1) is 17.9 Å². The smallest absolute Gasteiger partial charge is 0.416 e. The summed E-state index contributed by atoms with van der Waals surface area (Å²) in [5.41, 5.74) is 1.07. The monoisotopic (exact) mass is 374 g/mol. The second kappa shape index (κ2) is 7.26. The SMILES string of the molecule is CCOC(=O)c1c(C)nc(-c2ccc(C(F)(F)F)cc2)n1-c1ccccc1. The molecule has 0 fully saturated rings. The Labute approximate surface area is 154 Å². The van der Waals surface area contributed by atoms with E-state index in [0.717, 1.165) is 12.1 Å². The number of carbonyl (C=O) groups excluding carboxylic acids is 1. The van der Waals surface area contributed by atoms with Gasteiger partial charge in [0, 0.05) is 11.3 Å². The van der Waals surface area contributed by atoms with Crippen LogP contribution in [0, 0.1) is 6.92 Å². The maximum Gasteiger partial charge on any atom is 0.416 e. The van der Waals surface area contributed by atoms with Gasteiger partial charge >= 0.3 is 12.1 Å². The standard InChI is InChI=1S/C20H17F3N2O2/c1-3-27-19(26)17-13(2)24-18(25(17)16-7-5-4-6-8-16)14-9-11-15(12-10-14)20(21,22)23/h4-12H,3H2,1-2H3. The molecule has 140 valence electrons. The Morgan fingerprint density at radius 1 is 1.07 bits per heavy atom. The fourth-order valence-electron chi connectivity index (χ4n) is 2.80. The van der Waals surface area contributed by atoms with E-state index >= 15 is 0 Å². The number of ether oxygens (including phenoxy) is 1. The average molecular weight is 374 g/mol. The first-order chi connectivity index (χ1) is 12.8. The highest BCUT2D eigenvalue weighted by Crippen LogP contribution is 2.32. The number of benzene rings is 2. The number of carbonyl (C=O) groups is 1. The highest BCUT2D eigenvalue weighted by atomic mass is 19.4. The van der Waals surface area contributed by atoms with Crippen molar-refractivity contribution in [2.45, 2.75) is 20.0 Å². The lowest BCUT2D eigenvalue weighted by Gasteiger charge is -2.13. The third-order valence-electron chi connectivity index (χ3n) is 4.01. The number of aromatic nitrogens is 2. The quantitative estimate of drug-likeness (QED) is 0.601. The van der Waals surface area contributed by atoms with Gasteiger partial charge in [0.1, 0.15) is 5.82 Å². The molecule has 1 heterocycles. The van der Waals surface area contributed by atoms with E-state index in [2.05, 4.69) is 4.98 Å². The molecule has 0 aliphatic rings. The van der Waals surface area contributed by atoms with Crippen LogP contribution in [0.1, 0.15) is 28.7 Å². The zero-order valence-corrected chi connectivity index (χ0v) is 14.7. The number of para-hydroxylation sites is 1. The van der Waals surface area contributed by atoms with Crippen molar-refractivity contribution < 1.29 is 22.7 Å². The Kier molecular flexibility index (Phi) is 5.03. The molecule has 0 amide bonds. The lowest BCUT2D eigenvalue weighted by atomic mass is 10.1. The van der Waals surface area contributed by atoms with E-state index in [-0.39, 0.29) is 12.3 Å². The van der Waals surface area contributed by atoms with E-state index in [1.165, 1.54) is 12.1 Å². The minimum Gasteiger partial charge on any atom is -0.461 e. The number of aryl methyl sites for hydroxylation is 1. The van der Waals surface area contributed by atoms with Crippen molar-refractivity contribution in [2.24, 2.45) is 0 Å². The summed E-state index contributed by atoms with van der Waals surface area (Å²) in [6.45, 7) is 3.57. The van der Waals surface area contributed by atoms with Crippen LogP contribution < -0.4 is 0 Å². The molecule has 0 atom stereocenters. The van der Waals surface area contributed by atoms with Gasteiger partial charge in [-0.25, -0.2) is 9.78 Å². The Hall–Kier alpha value is -3.09. The van der Waals surface area contributed by atoms with Crippen LogP contribution in [0.25, 0.3) is 17.1 Å². The van der Waals surface area contributed by atoms with Gasteiger partial charge in [-0.2, -0.15) is 13.2 Å². The molecule has 0 bridgehead atoms. The molecular formula is C20H17F3N2O2. The van der Waals surface area contributed by atoms with Gasteiger partial charge in [-0.15, -0.1) is 0 Å². The summed E-state index contributed by atoms with van der Waals surface area (Å²) < 4.78 is 45.3. The first kappa shape index (κ1) is 18.7. The van der Waals surface area contributed by atoms with Crippen molar-refractivity contribution in [1.82, 2.24) is 9.55 Å². The largest absolute Gasteiger partial charge is 0.461 e. The molecule has 0 N–H and O–H groups in total. The van der Waals surface area contributed by atoms with Gasteiger partial charge in [0.25, 0.3) is 0 Å². The highest BCUT2D eigenvalue weighted by molar-refractivity contribution is 5.91. The van der Waals surface area contributed by atoms with Crippen molar-refractivity contribution in [3.63, 3.8) is 0 Å². The van der Waals surface area contributed by atoms with Gasteiger partial charge in [0.2, 0.25) is 0 Å². The van der Waals surface area contributed by atoms with E-state index in [1.807, 2.05) is 6.07 Å². The Balaban J connectivity index is 2.19. The van der Waals surface area contributed by atoms with E-state index in [1.54, 1.807) is 42.7 Å². The summed E-state index contributed by atoms with van der Waals surface area (Å²) in [6.07, 6.45) is -4.42. The number of nitrogens with zero attached hydrogens (tertiary/aromatic N) is 2. The number of imidazole rings is 1. The van der Waals surface area contributed by atoms with Crippen LogP contribution in [0.15, 0.2) is 54.6 Å². The van der Waals surface area contributed by atoms with Gasteiger partial charge in [-0.3, -0.25) is 4.57 Å². The summed E-state index contributed by atoms with van der Waals surface area (Å²) in [5.74, 6) is -0.167. The summed E-state index contributed by atoms with van der Waals surface area (Å²) in [7, 11) is 0. The van der Waals surface area contributed by atoms with Crippen molar-refractivity contribution in [2.75, 3.05) is 6.61 Å². The number of rotatable bonds is 4. The third kappa shape index (κ3) is 3.72. The Morgan fingerprint density at radius 2 is 1.70 bits per heavy atom. The maximum atomic E-state index is 12.8. The van der Waals surface area contributed by atoms with Crippen molar-refractivity contribution in [1.29, 1.82) is 0 Å². The highest BCUT2D eigenvalue weighted by Gasteiger charge is 2.30. The Bertz CT molecular complexity index is 946. The molecule has 0 radical (unpaired) electrons. The molecule has 3 aromatic rings. The summed E-state index contributed by atoms with van der Waals surface area (Å²) in [5, 5.41) is 0. The zero-order valence-electron chi connectivity index (χ0n) is 14.7. The van der Waals surface area contributed by atoms with E-state index in [0.29, 0.717) is 22.8 Å². The third-order valence-corrected chi connectivity index (χ3v) is 4.01. The van der Waals surface area contributed by atoms with Gasteiger partial charge in [-0.1, -0.05) is 30.3 Å². The molecule has 0 aliphatic heterocycles. The maximum absolute atomic E-state index is 12.8. The summed E-state index contributed by atoms with van der Waals surface area (Å²) in [6, 6.07) is 13.7. The Morgan fingerprint density at radius 3 is 2.26 bits per heavy atom. The van der Waals surface area contributed by atoms with Gasteiger partial charge in [-0.05, 0) is 38.1 Å². The average Bonchev–Trinajstić information content (AvgIpc) is 2.99. The molecule has 0 spiro atoms. The van der Waals surface area contributed by atoms with E-state index in [9.17, 15) is 18.0 Å². The summed E-state index contributed by atoms with van der Waals surface area (Å²) >= 11 is 0. The zero-order chi connectivity index (χ0) is 19.6. The topological polar surface area (TPSA) is 44.1 Å². The van der Waals surface area contributed by atoms with Gasteiger partial charge < -0.3 is 4.74 Å². The first-order valence-corrected chi connectivity index (χ1v) is 8.32. The molecule has 7 heteroatoms. The minimum atomic E-state index is -4.42. The van der Waals surface area contributed by atoms with E-state index < -0.39 is 17.7 Å². The second-order valence-electron chi connectivity index (χ2n) is 5.84. The van der Waals surface area contributed by atoms with Crippen LogP contribution in [-0.2, 0) is 10.9 Å². The number of hydrogen-bond acceptors (Lipinski definition) is 3. The molecule has 27 heavy (non-hydrogen) atoms. The molecular weight excluding hydrogens is 357 g/mol. The molecule has 2 aromatic carbocycles.